The summed E-state index contributed by atoms with van der Waals surface area (Å²) in [6.07, 6.45) is -0.731. The molecule has 0 radical (unpaired) electrons. The highest BCUT2D eigenvalue weighted by molar-refractivity contribution is 6.31. The van der Waals surface area contributed by atoms with Crippen molar-refractivity contribution in [2.45, 2.75) is 13.0 Å². The summed E-state index contributed by atoms with van der Waals surface area (Å²) in [7, 11) is 0. The van der Waals surface area contributed by atoms with Gasteiger partial charge in [-0.05, 0) is 30.7 Å². The smallest absolute Gasteiger partial charge is 0.0942 e. The lowest BCUT2D eigenvalue weighted by molar-refractivity contribution is 0.105. The van der Waals surface area contributed by atoms with Crippen molar-refractivity contribution in [3.63, 3.8) is 0 Å². The van der Waals surface area contributed by atoms with Crippen LogP contribution in [0, 0.1) is 6.92 Å². The van der Waals surface area contributed by atoms with Crippen LogP contribution in [0.4, 0.5) is 5.69 Å². The van der Waals surface area contributed by atoms with Crippen LogP contribution in [0.3, 0.4) is 0 Å². The van der Waals surface area contributed by atoms with Crippen molar-refractivity contribution in [3.8, 4) is 0 Å². The molecule has 0 aliphatic carbocycles. The SMILES string of the molecule is Cc1cc(NCC(O)CO)ccc1Cl. The molecule has 1 atom stereocenters. The predicted octanol–water partition coefficient (Wildman–Crippen LogP) is 1.41. The number of rotatable bonds is 4. The first kappa shape index (κ1) is 11.3. The number of benzene rings is 1. The summed E-state index contributed by atoms with van der Waals surface area (Å²) < 4.78 is 0. The van der Waals surface area contributed by atoms with Crippen LogP contribution in [0.2, 0.25) is 5.02 Å². The first-order valence-corrected chi connectivity index (χ1v) is 4.80. The number of hydrogen-bond donors (Lipinski definition) is 3. The molecule has 1 aromatic carbocycles. The van der Waals surface area contributed by atoms with Gasteiger partial charge in [0.05, 0.1) is 12.7 Å². The van der Waals surface area contributed by atoms with E-state index in [0.29, 0.717) is 6.54 Å². The Morgan fingerprint density at radius 1 is 1.50 bits per heavy atom. The number of halogens is 1. The van der Waals surface area contributed by atoms with Gasteiger partial charge in [-0.3, -0.25) is 0 Å². The molecule has 3 nitrogen and oxygen atoms in total. The van der Waals surface area contributed by atoms with Gasteiger partial charge in [-0.25, -0.2) is 0 Å². The van der Waals surface area contributed by atoms with Crippen LogP contribution in [0.15, 0.2) is 18.2 Å². The van der Waals surface area contributed by atoms with Gasteiger partial charge in [-0.2, -0.15) is 0 Å². The van der Waals surface area contributed by atoms with Gasteiger partial charge in [0.25, 0.3) is 0 Å². The number of aliphatic hydroxyl groups is 2. The van der Waals surface area contributed by atoms with E-state index in [2.05, 4.69) is 5.32 Å². The van der Waals surface area contributed by atoms with Gasteiger partial charge < -0.3 is 15.5 Å². The van der Waals surface area contributed by atoms with Crippen LogP contribution in [0.5, 0.6) is 0 Å². The highest BCUT2D eigenvalue weighted by atomic mass is 35.5. The summed E-state index contributed by atoms with van der Waals surface area (Å²) in [5.41, 5.74) is 1.87. The highest BCUT2D eigenvalue weighted by Gasteiger charge is 2.02. The summed E-state index contributed by atoms with van der Waals surface area (Å²) in [5.74, 6) is 0. The molecule has 1 unspecified atom stereocenters. The maximum Gasteiger partial charge on any atom is 0.0942 e. The lowest BCUT2D eigenvalue weighted by atomic mass is 10.2. The molecule has 4 heteroatoms. The van der Waals surface area contributed by atoms with Crippen molar-refractivity contribution in [3.05, 3.63) is 28.8 Å². The van der Waals surface area contributed by atoms with Crippen molar-refractivity contribution in [2.24, 2.45) is 0 Å². The monoisotopic (exact) mass is 215 g/mol. The topological polar surface area (TPSA) is 52.5 Å². The second-order valence-electron chi connectivity index (χ2n) is 3.18. The third-order valence-electron chi connectivity index (χ3n) is 1.91. The fourth-order valence-electron chi connectivity index (χ4n) is 1.05. The molecule has 0 aliphatic rings. The Labute approximate surface area is 88.3 Å². The zero-order valence-electron chi connectivity index (χ0n) is 8.00. The molecule has 14 heavy (non-hydrogen) atoms. The summed E-state index contributed by atoms with van der Waals surface area (Å²) in [6, 6.07) is 5.52. The highest BCUT2D eigenvalue weighted by Crippen LogP contribution is 2.19. The summed E-state index contributed by atoms with van der Waals surface area (Å²) in [5, 5.41) is 21.4. The molecule has 0 amide bonds. The van der Waals surface area contributed by atoms with E-state index in [1.165, 1.54) is 0 Å². The van der Waals surface area contributed by atoms with Gasteiger partial charge in [-0.15, -0.1) is 0 Å². The number of aryl methyl sites for hydroxylation is 1. The third-order valence-corrected chi connectivity index (χ3v) is 2.33. The zero-order valence-corrected chi connectivity index (χ0v) is 8.75. The molecule has 0 aliphatic heterocycles. The molecule has 3 N–H and O–H groups in total. The van der Waals surface area contributed by atoms with Crippen LogP contribution >= 0.6 is 11.6 Å². The lowest BCUT2D eigenvalue weighted by Crippen LogP contribution is -2.22. The van der Waals surface area contributed by atoms with E-state index < -0.39 is 6.10 Å². The minimum atomic E-state index is -0.731. The van der Waals surface area contributed by atoms with Gasteiger partial charge in [0, 0.05) is 17.3 Å². The largest absolute Gasteiger partial charge is 0.394 e. The van der Waals surface area contributed by atoms with Crippen molar-refractivity contribution < 1.29 is 10.2 Å². The molecular weight excluding hydrogens is 202 g/mol. The van der Waals surface area contributed by atoms with Crippen molar-refractivity contribution in [2.75, 3.05) is 18.5 Å². The van der Waals surface area contributed by atoms with Gasteiger partial charge in [0.1, 0.15) is 0 Å². The minimum absolute atomic E-state index is 0.237. The Balaban J connectivity index is 2.55. The molecule has 1 aromatic rings. The Morgan fingerprint density at radius 2 is 2.21 bits per heavy atom. The molecule has 0 saturated heterocycles. The van der Waals surface area contributed by atoms with Crippen LogP contribution in [0.1, 0.15) is 5.56 Å². The van der Waals surface area contributed by atoms with E-state index >= 15 is 0 Å². The van der Waals surface area contributed by atoms with Gasteiger partial charge >= 0.3 is 0 Å². The first-order chi connectivity index (χ1) is 6.63. The molecule has 0 fully saturated rings. The molecule has 0 bridgehead atoms. The van der Waals surface area contributed by atoms with Crippen molar-refractivity contribution in [1.29, 1.82) is 0 Å². The molecule has 0 heterocycles. The summed E-state index contributed by atoms with van der Waals surface area (Å²) >= 11 is 5.85. The van der Waals surface area contributed by atoms with E-state index in [9.17, 15) is 0 Å². The van der Waals surface area contributed by atoms with Crippen molar-refractivity contribution in [1.82, 2.24) is 0 Å². The molecule has 1 rings (SSSR count). The normalized spacial score (nSPS) is 12.6. The lowest BCUT2D eigenvalue weighted by Gasteiger charge is -2.10. The second-order valence-corrected chi connectivity index (χ2v) is 3.59. The Morgan fingerprint density at radius 3 is 2.79 bits per heavy atom. The summed E-state index contributed by atoms with van der Waals surface area (Å²) in [6.45, 7) is 2.01. The fraction of sp³-hybridized carbons (Fsp3) is 0.400. The number of hydrogen-bond acceptors (Lipinski definition) is 3. The number of nitrogens with one attached hydrogen (secondary N) is 1. The van der Waals surface area contributed by atoms with Crippen LogP contribution in [-0.2, 0) is 0 Å². The number of aliphatic hydroxyl groups excluding tert-OH is 2. The van der Waals surface area contributed by atoms with E-state index in [4.69, 9.17) is 21.8 Å². The molecular formula is C10H14ClNO2. The Kier molecular flexibility index (Phi) is 4.20. The molecule has 0 aromatic heterocycles. The molecule has 78 valence electrons. The standard InChI is InChI=1S/C10H14ClNO2/c1-7-4-8(2-3-10(7)11)12-5-9(14)6-13/h2-4,9,12-14H,5-6H2,1H3. The summed E-state index contributed by atoms with van der Waals surface area (Å²) in [4.78, 5) is 0. The van der Waals surface area contributed by atoms with Crippen molar-refractivity contribution >= 4 is 17.3 Å². The Bertz CT molecular complexity index is 304. The van der Waals surface area contributed by atoms with Gasteiger partial charge in [0.2, 0.25) is 0 Å². The quantitative estimate of drug-likeness (QED) is 0.712. The van der Waals surface area contributed by atoms with E-state index in [0.717, 1.165) is 16.3 Å². The van der Waals surface area contributed by atoms with Crippen LogP contribution in [0.25, 0.3) is 0 Å². The molecule has 0 spiro atoms. The second kappa shape index (κ2) is 5.20. The predicted molar refractivity (Wildman–Crippen MR) is 57.8 cm³/mol. The van der Waals surface area contributed by atoms with E-state index in [-0.39, 0.29) is 6.61 Å². The zero-order chi connectivity index (χ0) is 10.6. The average molecular weight is 216 g/mol. The minimum Gasteiger partial charge on any atom is -0.394 e. The van der Waals surface area contributed by atoms with Gasteiger partial charge in [-0.1, -0.05) is 11.6 Å². The number of anilines is 1. The maximum absolute atomic E-state index is 9.10. The van der Waals surface area contributed by atoms with E-state index in [1.54, 1.807) is 6.07 Å². The maximum atomic E-state index is 9.10. The van der Waals surface area contributed by atoms with Crippen LogP contribution in [-0.4, -0.2) is 29.5 Å². The Hall–Kier alpha value is -0.770. The van der Waals surface area contributed by atoms with Crippen LogP contribution < -0.4 is 5.32 Å². The first-order valence-electron chi connectivity index (χ1n) is 4.42. The van der Waals surface area contributed by atoms with Gasteiger partial charge in [0.15, 0.2) is 0 Å². The van der Waals surface area contributed by atoms with E-state index in [1.807, 2.05) is 19.1 Å². The molecule has 0 saturated carbocycles. The fourth-order valence-corrected chi connectivity index (χ4v) is 1.17. The average Bonchev–Trinajstić information content (AvgIpc) is 2.19. The third kappa shape index (κ3) is 3.18.